The number of nitrogens with one attached hydrogen (secondary N) is 1. The van der Waals surface area contributed by atoms with E-state index in [9.17, 15) is 0 Å². The highest BCUT2D eigenvalue weighted by molar-refractivity contribution is 9.10. The molecule has 2 aromatic rings. The molecule has 0 aliphatic carbocycles. The fourth-order valence-electron chi connectivity index (χ4n) is 1.87. The Balaban J connectivity index is 2.26. The number of hydrogen-bond donors (Lipinski definition) is 2. The molecule has 7 heteroatoms. The monoisotopic (exact) mass is 311 g/mol. The van der Waals surface area contributed by atoms with Gasteiger partial charge in [0, 0.05) is 11.8 Å². The maximum Gasteiger partial charge on any atom is 0.221 e. The molecule has 96 valence electrons. The van der Waals surface area contributed by atoms with Crippen LogP contribution in [0.15, 0.2) is 15.2 Å². The Bertz CT molecular complexity index is 549. The van der Waals surface area contributed by atoms with Crippen molar-refractivity contribution in [2.24, 2.45) is 0 Å². The fourth-order valence-corrected chi connectivity index (χ4v) is 2.17. The van der Waals surface area contributed by atoms with Gasteiger partial charge in [-0.1, -0.05) is 5.16 Å². The summed E-state index contributed by atoms with van der Waals surface area (Å²) >= 11 is 3.38. The van der Waals surface area contributed by atoms with E-state index >= 15 is 0 Å². The zero-order valence-electron chi connectivity index (χ0n) is 10.4. The van der Waals surface area contributed by atoms with Crippen molar-refractivity contribution < 1.29 is 4.52 Å². The molecule has 0 aromatic carbocycles. The molecule has 0 saturated heterocycles. The predicted octanol–water partition coefficient (Wildman–Crippen LogP) is 2.60. The first-order valence-corrected chi connectivity index (χ1v) is 6.25. The largest absolute Gasteiger partial charge is 0.368 e. The van der Waals surface area contributed by atoms with Crippen LogP contribution in [0.2, 0.25) is 0 Å². The van der Waals surface area contributed by atoms with Gasteiger partial charge in [0.25, 0.3) is 0 Å². The minimum Gasteiger partial charge on any atom is -0.368 e. The molecular weight excluding hydrogens is 298 g/mol. The first kappa shape index (κ1) is 12.8. The lowest BCUT2D eigenvalue weighted by Gasteiger charge is -2.15. The van der Waals surface area contributed by atoms with Gasteiger partial charge in [0.2, 0.25) is 5.95 Å². The predicted molar refractivity (Wildman–Crippen MR) is 72.2 cm³/mol. The number of rotatable bonds is 3. The molecule has 2 rings (SSSR count). The third kappa shape index (κ3) is 2.45. The molecule has 3 N–H and O–H groups in total. The van der Waals surface area contributed by atoms with Crippen molar-refractivity contribution >= 4 is 27.7 Å². The Morgan fingerprint density at radius 3 is 2.78 bits per heavy atom. The molecule has 2 aromatic heterocycles. The summed E-state index contributed by atoms with van der Waals surface area (Å²) in [6, 6.07) is 0.0156. The van der Waals surface area contributed by atoms with Crippen LogP contribution in [0.3, 0.4) is 0 Å². The summed E-state index contributed by atoms with van der Waals surface area (Å²) < 4.78 is 5.91. The Hall–Kier alpha value is -1.63. The number of nitrogens with zero attached hydrogens (tertiary/aromatic N) is 3. The first-order valence-electron chi connectivity index (χ1n) is 5.46. The minimum absolute atomic E-state index is 0.0156. The van der Waals surface area contributed by atoms with E-state index in [4.69, 9.17) is 10.3 Å². The van der Waals surface area contributed by atoms with Crippen LogP contribution < -0.4 is 11.1 Å². The van der Waals surface area contributed by atoms with E-state index in [1.165, 1.54) is 0 Å². The smallest absolute Gasteiger partial charge is 0.221 e. The van der Waals surface area contributed by atoms with Gasteiger partial charge >= 0.3 is 0 Å². The lowest BCUT2D eigenvalue weighted by Crippen LogP contribution is -2.11. The Labute approximate surface area is 113 Å². The second-order valence-electron chi connectivity index (χ2n) is 4.03. The van der Waals surface area contributed by atoms with Crippen LogP contribution in [-0.2, 0) is 0 Å². The molecule has 2 heterocycles. The van der Waals surface area contributed by atoms with Gasteiger partial charge in [0.1, 0.15) is 11.6 Å². The van der Waals surface area contributed by atoms with Gasteiger partial charge in [-0.05, 0) is 36.7 Å². The standard InChI is InChI=1S/C11H14BrN5O/c1-5(9-6(2)17-18-7(9)3)15-10-8(12)4-14-11(13)16-10/h4-5H,1-3H3,(H3,13,14,15,16). The van der Waals surface area contributed by atoms with Crippen molar-refractivity contribution in [3.63, 3.8) is 0 Å². The Kier molecular flexibility index (Phi) is 3.51. The van der Waals surface area contributed by atoms with E-state index in [0.717, 1.165) is 21.5 Å². The van der Waals surface area contributed by atoms with Crippen molar-refractivity contribution in [3.05, 3.63) is 27.7 Å². The van der Waals surface area contributed by atoms with Crippen molar-refractivity contribution in [1.82, 2.24) is 15.1 Å². The third-order valence-electron chi connectivity index (χ3n) is 2.64. The Morgan fingerprint density at radius 1 is 1.44 bits per heavy atom. The molecule has 18 heavy (non-hydrogen) atoms. The van der Waals surface area contributed by atoms with Crippen LogP contribution >= 0.6 is 15.9 Å². The van der Waals surface area contributed by atoms with Gasteiger partial charge in [-0.15, -0.1) is 0 Å². The molecule has 0 aliphatic rings. The van der Waals surface area contributed by atoms with Crippen LogP contribution in [0.25, 0.3) is 0 Å². The van der Waals surface area contributed by atoms with Gasteiger partial charge in [-0.2, -0.15) is 4.98 Å². The van der Waals surface area contributed by atoms with Crippen LogP contribution in [0.1, 0.15) is 30.0 Å². The summed E-state index contributed by atoms with van der Waals surface area (Å²) in [6.45, 7) is 5.81. The molecule has 0 amide bonds. The zero-order chi connectivity index (χ0) is 13.3. The molecule has 0 radical (unpaired) electrons. The number of nitrogen functional groups attached to an aromatic ring is 1. The summed E-state index contributed by atoms with van der Waals surface area (Å²) in [6.07, 6.45) is 1.62. The van der Waals surface area contributed by atoms with Crippen molar-refractivity contribution in [2.45, 2.75) is 26.8 Å². The molecule has 0 aliphatic heterocycles. The van der Waals surface area contributed by atoms with Crippen LogP contribution in [0.5, 0.6) is 0 Å². The first-order chi connectivity index (χ1) is 8.49. The summed E-state index contributed by atoms with van der Waals surface area (Å²) in [5, 5.41) is 7.19. The highest BCUT2D eigenvalue weighted by Crippen LogP contribution is 2.27. The number of hydrogen-bond acceptors (Lipinski definition) is 6. The van der Waals surface area contributed by atoms with E-state index in [1.54, 1.807) is 6.20 Å². The quantitative estimate of drug-likeness (QED) is 0.905. The lowest BCUT2D eigenvalue weighted by atomic mass is 10.1. The number of nitrogens with two attached hydrogens (primary N) is 1. The van der Waals surface area contributed by atoms with Crippen LogP contribution in [-0.4, -0.2) is 15.1 Å². The molecular formula is C11H14BrN5O. The average molecular weight is 312 g/mol. The highest BCUT2D eigenvalue weighted by atomic mass is 79.9. The molecule has 0 bridgehead atoms. The van der Waals surface area contributed by atoms with E-state index in [2.05, 4.69) is 36.4 Å². The normalized spacial score (nSPS) is 12.4. The molecule has 0 spiro atoms. The second-order valence-corrected chi connectivity index (χ2v) is 4.88. The molecule has 0 fully saturated rings. The SMILES string of the molecule is Cc1noc(C)c1C(C)Nc1nc(N)ncc1Br. The fraction of sp³-hybridized carbons (Fsp3) is 0.364. The molecule has 1 unspecified atom stereocenters. The maximum absolute atomic E-state index is 5.57. The van der Waals surface area contributed by atoms with Gasteiger partial charge in [0.15, 0.2) is 0 Å². The van der Waals surface area contributed by atoms with Gasteiger partial charge < -0.3 is 15.6 Å². The minimum atomic E-state index is 0.0156. The number of aromatic nitrogens is 3. The molecule has 6 nitrogen and oxygen atoms in total. The summed E-state index contributed by atoms with van der Waals surface area (Å²) in [5.74, 6) is 1.67. The van der Waals surface area contributed by atoms with Crippen molar-refractivity contribution in [2.75, 3.05) is 11.1 Å². The molecule has 1 atom stereocenters. The van der Waals surface area contributed by atoms with E-state index in [1.807, 2.05) is 20.8 Å². The van der Waals surface area contributed by atoms with Crippen molar-refractivity contribution in [1.29, 1.82) is 0 Å². The maximum atomic E-state index is 5.57. The van der Waals surface area contributed by atoms with Gasteiger partial charge in [0.05, 0.1) is 16.2 Å². The highest BCUT2D eigenvalue weighted by Gasteiger charge is 2.17. The second kappa shape index (κ2) is 4.93. The number of aryl methyl sites for hydroxylation is 2. The zero-order valence-corrected chi connectivity index (χ0v) is 11.9. The lowest BCUT2D eigenvalue weighted by molar-refractivity contribution is 0.392. The van der Waals surface area contributed by atoms with Crippen molar-refractivity contribution in [3.8, 4) is 0 Å². The average Bonchev–Trinajstić information content (AvgIpc) is 2.63. The van der Waals surface area contributed by atoms with Gasteiger partial charge in [-0.25, -0.2) is 4.98 Å². The van der Waals surface area contributed by atoms with E-state index in [-0.39, 0.29) is 12.0 Å². The summed E-state index contributed by atoms with van der Waals surface area (Å²) in [4.78, 5) is 8.03. The topological polar surface area (TPSA) is 89.9 Å². The summed E-state index contributed by atoms with van der Waals surface area (Å²) in [5.41, 5.74) is 7.46. The van der Waals surface area contributed by atoms with E-state index in [0.29, 0.717) is 5.82 Å². The van der Waals surface area contributed by atoms with Crippen LogP contribution in [0, 0.1) is 13.8 Å². The molecule has 0 saturated carbocycles. The Morgan fingerprint density at radius 2 is 2.17 bits per heavy atom. The number of anilines is 2. The third-order valence-corrected chi connectivity index (χ3v) is 3.22. The summed E-state index contributed by atoms with van der Waals surface area (Å²) in [7, 11) is 0. The van der Waals surface area contributed by atoms with Crippen LogP contribution in [0.4, 0.5) is 11.8 Å². The van der Waals surface area contributed by atoms with E-state index < -0.39 is 0 Å². The van der Waals surface area contributed by atoms with Gasteiger partial charge in [-0.3, -0.25) is 0 Å². The number of halogens is 1.